The third-order valence-corrected chi connectivity index (χ3v) is 3.15. The molecule has 5 heteroatoms. The van der Waals surface area contributed by atoms with E-state index >= 15 is 0 Å². The molecule has 0 saturated carbocycles. The largest absolute Gasteiger partial charge is 0.489 e. The maximum Gasteiger partial charge on any atom is 0.245 e. The van der Waals surface area contributed by atoms with E-state index in [0.29, 0.717) is 16.3 Å². The smallest absolute Gasteiger partial charge is 0.245 e. The summed E-state index contributed by atoms with van der Waals surface area (Å²) in [5.74, 6) is 0.223. The highest BCUT2D eigenvalue weighted by molar-refractivity contribution is 6.66. The van der Waals surface area contributed by atoms with Gasteiger partial charge < -0.3 is 4.74 Å². The van der Waals surface area contributed by atoms with Gasteiger partial charge in [-0.05, 0) is 47.5 Å². The number of benzene rings is 2. The fourth-order valence-corrected chi connectivity index (χ4v) is 1.95. The lowest BCUT2D eigenvalue weighted by atomic mass is 10.2. The topological polar surface area (TPSA) is 26.3 Å². The highest BCUT2D eigenvalue weighted by atomic mass is 35.5. The molecule has 0 amide bonds. The predicted molar refractivity (Wildman–Crippen MR) is 82.1 cm³/mol. The number of allylic oxidation sites excluding steroid dienone is 1. The summed E-state index contributed by atoms with van der Waals surface area (Å²) in [6, 6.07) is 11.3. The number of halogens is 3. The standard InChI is InChI=1S/C16H11Cl2FO2/c17-15-9-13(19)6-5-12(15)10-21-14-3-1-2-11(8-14)4-7-16(18)20/h1-9H,10H2. The van der Waals surface area contributed by atoms with Gasteiger partial charge in [0.15, 0.2) is 0 Å². The third kappa shape index (κ3) is 4.88. The van der Waals surface area contributed by atoms with Crippen molar-refractivity contribution in [1.82, 2.24) is 0 Å². The van der Waals surface area contributed by atoms with Gasteiger partial charge in [0.05, 0.1) is 5.02 Å². The van der Waals surface area contributed by atoms with Crippen LogP contribution in [0.3, 0.4) is 0 Å². The number of rotatable bonds is 5. The first-order valence-electron chi connectivity index (χ1n) is 6.09. The van der Waals surface area contributed by atoms with Crippen molar-refractivity contribution in [1.29, 1.82) is 0 Å². The summed E-state index contributed by atoms with van der Waals surface area (Å²) in [5.41, 5.74) is 1.47. The Morgan fingerprint density at radius 2 is 2.05 bits per heavy atom. The molecule has 108 valence electrons. The van der Waals surface area contributed by atoms with Crippen LogP contribution in [0.1, 0.15) is 11.1 Å². The molecule has 0 fully saturated rings. The van der Waals surface area contributed by atoms with E-state index in [1.807, 2.05) is 6.07 Å². The Hall–Kier alpha value is -1.84. The van der Waals surface area contributed by atoms with Crippen LogP contribution in [0.25, 0.3) is 6.08 Å². The van der Waals surface area contributed by atoms with Crippen LogP contribution in [0.4, 0.5) is 4.39 Å². The van der Waals surface area contributed by atoms with Gasteiger partial charge in [0.2, 0.25) is 5.24 Å². The molecule has 0 aliphatic rings. The van der Waals surface area contributed by atoms with Crippen LogP contribution in [0.5, 0.6) is 5.75 Å². The Bertz CT molecular complexity index is 684. The zero-order chi connectivity index (χ0) is 15.2. The van der Waals surface area contributed by atoms with Gasteiger partial charge in [-0.15, -0.1) is 0 Å². The molecular formula is C16H11Cl2FO2. The maximum atomic E-state index is 12.9. The average Bonchev–Trinajstić information content (AvgIpc) is 2.45. The highest BCUT2D eigenvalue weighted by Crippen LogP contribution is 2.21. The van der Waals surface area contributed by atoms with Crippen molar-refractivity contribution in [2.45, 2.75) is 6.61 Å². The first-order chi connectivity index (χ1) is 10.0. The molecule has 0 aliphatic heterocycles. The molecule has 0 aromatic heterocycles. The quantitative estimate of drug-likeness (QED) is 0.581. The summed E-state index contributed by atoms with van der Waals surface area (Å²) in [6.07, 6.45) is 2.85. The Labute approximate surface area is 131 Å². The molecule has 21 heavy (non-hydrogen) atoms. The number of carbonyl (C=O) groups excluding carboxylic acids is 1. The van der Waals surface area contributed by atoms with Crippen LogP contribution >= 0.6 is 23.2 Å². The SMILES string of the molecule is O=C(Cl)C=Cc1cccc(OCc2ccc(F)cc2Cl)c1. The van der Waals surface area contributed by atoms with Crippen molar-refractivity contribution in [2.75, 3.05) is 0 Å². The van der Waals surface area contributed by atoms with Crippen molar-refractivity contribution in [2.24, 2.45) is 0 Å². The zero-order valence-corrected chi connectivity index (χ0v) is 12.4. The molecule has 0 unspecified atom stereocenters. The molecule has 0 heterocycles. The van der Waals surface area contributed by atoms with Crippen molar-refractivity contribution in [3.63, 3.8) is 0 Å². The summed E-state index contributed by atoms with van der Waals surface area (Å²) >= 11 is 11.2. The van der Waals surface area contributed by atoms with E-state index < -0.39 is 5.24 Å². The fourth-order valence-electron chi connectivity index (χ4n) is 1.67. The van der Waals surface area contributed by atoms with Crippen molar-refractivity contribution < 1.29 is 13.9 Å². The first-order valence-corrected chi connectivity index (χ1v) is 6.84. The second-order valence-electron chi connectivity index (χ2n) is 4.23. The molecule has 0 spiro atoms. The predicted octanol–water partition coefficient (Wildman–Crippen LogP) is 4.84. The number of hydrogen-bond donors (Lipinski definition) is 0. The molecule has 0 N–H and O–H groups in total. The van der Waals surface area contributed by atoms with Crippen LogP contribution in [0, 0.1) is 5.82 Å². The van der Waals surface area contributed by atoms with Crippen LogP contribution in [0.15, 0.2) is 48.5 Å². The third-order valence-electron chi connectivity index (χ3n) is 2.67. The monoisotopic (exact) mass is 324 g/mol. The van der Waals surface area contributed by atoms with Gasteiger partial charge in [-0.25, -0.2) is 4.39 Å². The van der Waals surface area contributed by atoms with E-state index in [1.165, 1.54) is 18.2 Å². The Balaban J connectivity index is 2.06. The van der Waals surface area contributed by atoms with E-state index in [-0.39, 0.29) is 12.4 Å². The van der Waals surface area contributed by atoms with E-state index in [0.717, 1.165) is 5.56 Å². The summed E-state index contributed by atoms with van der Waals surface area (Å²) < 4.78 is 18.5. The van der Waals surface area contributed by atoms with Gasteiger partial charge in [-0.3, -0.25) is 4.79 Å². The van der Waals surface area contributed by atoms with Gasteiger partial charge >= 0.3 is 0 Å². The van der Waals surface area contributed by atoms with Gasteiger partial charge in [0, 0.05) is 5.56 Å². The minimum atomic E-state index is -0.542. The normalized spacial score (nSPS) is 10.8. The van der Waals surface area contributed by atoms with Crippen molar-refractivity contribution >= 4 is 34.5 Å². The van der Waals surface area contributed by atoms with Gasteiger partial charge in [-0.2, -0.15) is 0 Å². The molecule has 2 rings (SSSR count). The lowest BCUT2D eigenvalue weighted by Crippen LogP contribution is -1.97. The van der Waals surface area contributed by atoms with E-state index in [1.54, 1.807) is 30.3 Å². The Morgan fingerprint density at radius 3 is 2.76 bits per heavy atom. The minimum absolute atomic E-state index is 0.223. The van der Waals surface area contributed by atoms with E-state index in [4.69, 9.17) is 27.9 Å². The molecule has 0 saturated heterocycles. The molecule has 2 aromatic rings. The van der Waals surface area contributed by atoms with Crippen LogP contribution < -0.4 is 4.74 Å². The molecule has 0 aliphatic carbocycles. The van der Waals surface area contributed by atoms with Crippen molar-refractivity contribution in [3.05, 3.63) is 70.5 Å². The number of ether oxygens (including phenoxy) is 1. The van der Waals surface area contributed by atoms with Gasteiger partial charge in [0.1, 0.15) is 18.2 Å². The molecular weight excluding hydrogens is 314 g/mol. The zero-order valence-electron chi connectivity index (χ0n) is 10.9. The van der Waals surface area contributed by atoms with E-state index in [9.17, 15) is 9.18 Å². The lowest BCUT2D eigenvalue weighted by molar-refractivity contribution is -0.107. The Kier molecular flexibility index (Phi) is 5.37. The second-order valence-corrected chi connectivity index (χ2v) is 5.01. The second kappa shape index (κ2) is 7.25. The van der Waals surface area contributed by atoms with Crippen LogP contribution in [-0.2, 0) is 11.4 Å². The summed E-state index contributed by atoms with van der Waals surface area (Å²) in [4.78, 5) is 10.7. The van der Waals surface area contributed by atoms with Gasteiger partial charge in [-0.1, -0.05) is 35.9 Å². The van der Waals surface area contributed by atoms with Crippen molar-refractivity contribution in [3.8, 4) is 5.75 Å². The molecule has 2 aromatic carbocycles. The summed E-state index contributed by atoms with van der Waals surface area (Å²) in [6.45, 7) is 0.223. The first kappa shape index (κ1) is 15.5. The van der Waals surface area contributed by atoms with Crippen LogP contribution in [-0.4, -0.2) is 5.24 Å². The lowest BCUT2D eigenvalue weighted by Gasteiger charge is -2.08. The highest BCUT2D eigenvalue weighted by Gasteiger charge is 2.03. The average molecular weight is 325 g/mol. The molecule has 0 bridgehead atoms. The van der Waals surface area contributed by atoms with E-state index in [2.05, 4.69) is 0 Å². The van der Waals surface area contributed by atoms with Gasteiger partial charge in [0.25, 0.3) is 0 Å². The Morgan fingerprint density at radius 1 is 1.24 bits per heavy atom. The maximum absolute atomic E-state index is 12.9. The number of hydrogen-bond acceptors (Lipinski definition) is 2. The summed E-state index contributed by atoms with van der Waals surface area (Å²) in [5, 5.41) is -0.224. The fraction of sp³-hybridized carbons (Fsp3) is 0.0625. The summed E-state index contributed by atoms with van der Waals surface area (Å²) in [7, 11) is 0. The molecule has 0 atom stereocenters. The minimum Gasteiger partial charge on any atom is -0.489 e. The molecule has 0 radical (unpaired) electrons. The number of carbonyl (C=O) groups is 1. The van der Waals surface area contributed by atoms with Crippen LogP contribution in [0.2, 0.25) is 5.02 Å². The molecule has 2 nitrogen and oxygen atoms in total.